The fourth-order valence-electron chi connectivity index (χ4n) is 4.74. The van der Waals surface area contributed by atoms with Crippen molar-refractivity contribution in [3.63, 3.8) is 0 Å². The summed E-state index contributed by atoms with van der Waals surface area (Å²) in [5.41, 5.74) is 7.78. The fourth-order valence-corrected chi connectivity index (χ4v) is 4.74. The number of aromatic nitrogens is 4. The average Bonchev–Trinajstić information content (AvgIpc) is 3.19. The van der Waals surface area contributed by atoms with Gasteiger partial charge in [0, 0.05) is 48.0 Å². The molecule has 1 N–H and O–H groups in total. The summed E-state index contributed by atoms with van der Waals surface area (Å²) >= 11 is 0. The van der Waals surface area contributed by atoms with Gasteiger partial charge in [-0.15, -0.1) is 0 Å². The Hall–Kier alpha value is -3.67. The number of aryl methyl sites for hydroxylation is 1. The van der Waals surface area contributed by atoms with Crippen molar-refractivity contribution in [2.75, 3.05) is 7.05 Å². The van der Waals surface area contributed by atoms with Gasteiger partial charge in [-0.1, -0.05) is 18.2 Å². The number of nitrogens with zero attached hydrogens (tertiary/aromatic N) is 4. The van der Waals surface area contributed by atoms with Crippen LogP contribution in [0.25, 0.3) is 28.1 Å². The average molecular weight is 395 g/mol. The van der Waals surface area contributed by atoms with Crippen molar-refractivity contribution in [1.29, 1.82) is 0 Å². The molecule has 3 aromatic heterocycles. The first-order valence-corrected chi connectivity index (χ1v) is 10.2. The molecule has 6 rings (SSSR count). The number of nitrogens with one attached hydrogen (secondary N) is 1. The molecule has 1 fully saturated rings. The third-order valence-electron chi connectivity index (χ3n) is 6.60. The van der Waals surface area contributed by atoms with Gasteiger partial charge < -0.3 is 9.47 Å². The molecule has 1 saturated carbocycles. The maximum absolute atomic E-state index is 13.4. The van der Waals surface area contributed by atoms with E-state index in [-0.39, 0.29) is 11.4 Å². The number of carbonyl (C=O) groups is 1. The minimum Gasteiger partial charge on any atom is -0.331 e. The number of rotatable bonds is 2. The van der Waals surface area contributed by atoms with Crippen LogP contribution in [0.4, 0.5) is 0 Å². The number of carbonyl (C=O) groups excluding carboxylic acids is 1. The second-order valence-corrected chi connectivity index (χ2v) is 8.22. The van der Waals surface area contributed by atoms with Crippen LogP contribution in [0.5, 0.6) is 0 Å². The minimum absolute atomic E-state index is 0.0496. The summed E-state index contributed by atoms with van der Waals surface area (Å²) in [6, 6.07) is 14.5. The number of hydrogen-bond acceptors (Lipinski definition) is 3. The first-order chi connectivity index (χ1) is 14.6. The van der Waals surface area contributed by atoms with Gasteiger partial charge in [0.15, 0.2) is 0 Å². The lowest BCUT2D eigenvalue weighted by Gasteiger charge is -2.27. The van der Waals surface area contributed by atoms with E-state index in [0.717, 1.165) is 46.6 Å². The third kappa shape index (κ3) is 2.27. The van der Waals surface area contributed by atoms with Gasteiger partial charge in [-0.2, -0.15) is 5.10 Å². The summed E-state index contributed by atoms with van der Waals surface area (Å²) < 4.78 is 2.05. The third-order valence-corrected chi connectivity index (χ3v) is 6.60. The molecule has 0 atom stereocenters. The Bertz CT molecular complexity index is 1300. The summed E-state index contributed by atoms with van der Waals surface area (Å²) in [4.78, 5) is 19.8. The molecule has 30 heavy (non-hydrogen) atoms. The van der Waals surface area contributed by atoms with E-state index >= 15 is 0 Å². The van der Waals surface area contributed by atoms with Crippen LogP contribution in [0.1, 0.15) is 34.6 Å². The number of H-pyrrole nitrogens is 1. The number of amides is 1. The highest BCUT2D eigenvalue weighted by atomic mass is 16.2. The zero-order valence-corrected chi connectivity index (χ0v) is 16.9. The maximum Gasteiger partial charge on any atom is 0.271 e. The molecule has 4 aromatic rings. The van der Waals surface area contributed by atoms with Gasteiger partial charge in [-0.3, -0.25) is 14.9 Å². The van der Waals surface area contributed by atoms with Crippen LogP contribution < -0.4 is 0 Å². The molecule has 1 aromatic carbocycles. The Morgan fingerprint density at radius 2 is 1.93 bits per heavy atom. The first kappa shape index (κ1) is 17.2. The van der Waals surface area contributed by atoms with Crippen molar-refractivity contribution < 1.29 is 4.79 Å². The lowest BCUT2D eigenvalue weighted by atomic mass is 9.96. The number of aromatic amines is 1. The molecule has 1 aliphatic heterocycles. The standard InChI is InChI=1S/C24H21N5O/c1-15-18(4-3-10-25-15)16-5-6-19-21(12-16)29-14-17(20-7-11-26-27-20)13-22(29)23(30)28(2)24(19)8-9-24/h3-7,10-14H,8-9H2,1-2H3,(H,26,27). The number of hydrogen-bond donors (Lipinski definition) is 1. The summed E-state index contributed by atoms with van der Waals surface area (Å²) in [5, 5.41) is 7.07. The highest BCUT2D eigenvalue weighted by Crippen LogP contribution is 2.54. The van der Waals surface area contributed by atoms with Crippen LogP contribution in [0, 0.1) is 6.92 Å². The van der Waals surface area contributed by atoms with E-state index in [1.807, 2.05) is 54.0 Å². The summed E-state index contributed by atoms with van der Waals surface area (Å²) in [7, 11) is 1.93. The van der Waals surface area contributed by atoms with Crippen molar-refractivity contribution in [2.45, 2.75) is 25.3 Å². The first-order valence-electron chi connectivity index (χ1n) is 10.2. The molecule has 0 unspecified atom stereocenters. The molecular formula is C24H21N5O. The summed E-state index contributed by atoms with van der Waals surface area (Å²) in [6.07, 6.45) is 7.56. The van der Waals surface area contributed by atoms with Gasteiger partial charge in [0.05, 0.1) is 16.9 Å². The van der Waals surface area contributed by atoms with Gasteiger partial charge in [-0.25, -0.2) is 0 Å². The Morgan fingerprint density at radius 3 is 2.67 bits per heavy atom. The zero-order chi connectivity index (χ0) is 20.5. The smallest absolute Gasteiger partial charge is 0.271 e. The van der Waals surface area contributed by atoms with Crippen LogP contribution in [-0.4, -0.2) is 37.6 Å². The Balaban J connectivity index is 1.62. The highest BCUT2D eigenvalue weighted by Gasteiger charge is 2.53. The van der Waals surface area contributed by atoms with Crippen molar-refractivity contribution in [3.8, 4) is 28.1 Å². The summed E-state index contributed by atoms with van der Waals surface area (Å²) in [6.45, 7) is 2.03. The quantitative estimate of drug-likeness (QED) is 0.550. The Kier molecular flexibility index (Phi) is 3.40. The molecular weight excluding hydrogens is 374 g/mol. The molecule has 2 aliphatic rings. The summed E-state index contributed by atoms with van der Waals surface area (Å²) in [5.74, 6) is 0.0496. The molecule has 6 heteroatoms. The molecule has 4 heterocycles. The van der Waals surface area contributed by atoms with E-state index in [2.05, 4.69) is 39.4 Å². The van der Waals surface area contributed by atoms with Gasteiger partial charge >= 0.3 is 0 Å². The molecule has 6 nitrogen and oxygen atoms in total. The predicted octanol–water partition coefficient (Wildman–Crippen LogP) is 4.31. The van der Waals surface area contributed by atoms with E-state index in [9.17, 15) is 4.79 Å². The molecule has 1 spiro atoms. The van der Waals surface area contributed by atoms with E-state index in [4.69, 9.17) is 0 Å². The van der Waals surface area contributed by atoms with E-state index in [1.165, 1.54) is 5.56 Å². The fraction of sp³-hybridized carbons (Fsp3) is 0.208. The van der Waals surface area contributed by atoms with Crippen molar-refractivity contribution in [3.05, 3.63) is 78.0 Å². The molecule has 148 valence electrons. The van der Waals surface area contributed by atoms with Gasteiger partial charge in [0.25, 0.3) is 5.91 Å². The lowest BCUT2D eigenvalue weighted by Crippen LogP contribution is -2.36. The van der Waals surface area contributed by atoms with Crippen molar-refractivity contribution in [2.24, 2.45) is 0 Å². The largest absolute Gasteiger partial charge is 0.331 e. The molecule has 0 saturated heterocycles. The second kappa shape index (κ2) is 5.92. The second-order valence-electron chi connectivity index (χ2n) is 8.22. The Labute approximate surface area is 174 Å². The highest BCUT2D eigenvalue weighted by molar-refractivity contribution is 5.97. The molecule has 1 amide bonds. The zero-order valence-electron chi connectivity index (χ0n) is 16.9. The van der Waals surface area contributed by atoms with Gasteiger partial charge in [0.1, 0.15) is 5.69 Å². The molecule has 1 aliphatic carbocycles. The normalized spacial score (nSPS) is 16.3. The SMILES string of the molecule is Cc1ncccc1-c1ccc2c(c1)-n1cc(-c3ccn[nH]3)cc1C(=O)N(C)C21CC1. The van der Waals surface area contributed by atoms with Crippen LogP contribution in [0.15, 0.2) is 61.1 Å². The van der Waals surface area contributed by atoms with Crippen LogP contribution in [0.2, 0.25) is 0 Å². The van der Waals surface area contributed by atoms with Crippen LogP contribution in [0.3, 0.4) is 0 Å². The topological polar surface area (TPSA) is 66.8 Å². The van der Waals surface area contributed by atoms with Crippen LogP contribution in [-0.2, 0) is 5.54 Å². The van der Waals surface area contributed by atoms with Gasteiger partial charge in [-0.05, 0) is 49.6 Å². The van der Waals surface area contributed by atoms with Crippen LogP contribution >= 0.6 is 0 Å². The molecule has 0 bridgehead atoms. The van der Waals surface area contributed by atoms with E-state index in [0.29, 0.717) is 5.69 Å². The van der Waals surface area contributed by atoms with Crippen molar-refractivity contribution in [1.82, 2.24) is 24.6 Å². The van der Waals surface area contributed by atoms with E-state index in [1.54, 1.807) is 6.20 Å². The Morgan fingerprint density at radius 1 is 1.07 bits per heavy atom. The maximum atomic E-state index is 13.4. The van der Waals surface area contributed by atoms with Crippen molar-refractivity contribution >= 4 is 5.91 Å². The number of pyridine rings is 1. The number of fused-ring (bicyclic) bond motifs is 4. The minimum atomic E-state index is -0.206. The molecule has 0 radical (unpaired) electrons. The lowest BCUT2D eigenvalue weighted by molar-refractivity contribution is 0.0705. The van der Waals surface area contributed by atoms with E-state index < -0.39 is 0 Å². The van der Waals surface area contributed by atoms with Gasteiger partial charge in [0.2, 0.25) is 0 Å². The number of benzene rings is 1. The predicted molar refractivity (Wildman–Crippen MR) is 114 cm³/mol. The monoisotopic (exact) mass is 395 g/mol.